The Morgan fingerprint density at radius 2 is 1.83 bits per heavy atom. The number of aromatic nitrogens is 2. The number of fused-ring (bicyclic) bond motifs is 1. The van der Waals surface area contributed by atoms with Crippen LogP contribution >= 0.6 is 0 Å². The van der Waals surface area contributed by atoms with Crippen molar-refractivity contribution in [1.29, 1.82) is 0 Å². The van der Waals surface area contributed by atoms with E-state index >= 15 is 0 Å². The van der Waals surface area contributed by atoms with Crippen LogP contribution in [-0.4, -0.2) is 35.8 Å². The molecule has 0 aliphatic heterocycles. The summed E-state index contributed by atoms with van der Waals surface area (Å²) < 4.78 is 12.6. The minimum atomic E-state index is -0.192. The SMILES string of the molecule is COCCOc1cccc(C(=O)Nc2ccc(-n3cnc4ccccc43)cc2)c1. The highest BCUT2D eigenvalue weighted by Gasteiger charge is 2.09. The van der Waals surface area contributed by atoms with Crippen molar-refractivity contribution in [2.24, 2.45) is 0 Å². The van der Waals surface area contributed by atoms with Gasteiger partial charge in [0.1, 0.15) is 18.7 Å². The standard InChI is InChI=1S/C23H21N3O3/c1-28-13-14-29-20-6-4-5-17(15-20)23(27)25-18-9-11-19(12-10-18)26-16-24-21-7-2-3-8-22(21)26/h2-12,15-16H,13-14H2,1H3,(H,25,27). The number of anilines is 1. The molecule has 29 heavy (non-hydrogen) atoms. The van der Waals surface area contributed by atoms with Crippen molar-refractivity contribution in [2.75, 3.05) is 25.6 Å². The largest absolute Gasteiger partial charge is 0.491 e. The molecule has 3 aromatic carbocycles. The number of imidazole rings is 1. The fourth-order valence-corrected chi connectivity index (χ4v) is 3.04. The Hall–Kier alpha value is -3.64. The molecule has 0 aliphatic carbocycles. The van der Waals surface area contributed by atoms with Gasteiger partial charge in [0.15, 0.2) is 0 Å². The molecule has 1 heterocycles. The summed E-state index contributed by atoms with van der Waals surface area (Å²) in [6.45, 7) is 0.931. The van der Waals surface area contributed by atoms with Gasteiger partial charge in [-0.1, -0.05) is 18.2 Å². The maximum absolute atomic E-state index is 12.6. The normalized spacial score (nSPS) is 10.8. The molecule has 0 saturated carbocycles. The van der Waals surface area contributed by atoms with E-state index in [1.807, 2.05) is 59.2 Å². The maximum Gasteiger partial charge on any atom is 0.255 e. The van der Waals surface area contributed by atoms with E-state index in [0.29, 0.717) is 30.2 Å². The number of hydrogen-bond donors (Lipinski definition) is 1. The van der Waals surface area contributed by atoms with Crippen molar-refractivity contribution in [1.82, 2.24) is 9.55 Å². The van der Waals surface area contributed by atoms with Gasteiger partial charge in [0.25, 0.3) is 5.91 Å². The van der Waals surface area contributed by atoms with Gasteiger partial charge in [-0.2, -0.15) is 0 Å². The lowest BCUT2D eigenvalue weighted by molar-refractivity contribution is 0.102. The molecule has 146 valence electrons. The van der Waals surface area contributed by atoms with Gasteiger partial charge in [-0.3, -0.25) is 9.36 Å². The van der Waals surface area contributed by atoms with Crippen LogP contribution in [0.3, 0.4) is 0 Å². The molecular weight excluding hydrogens is 366 g/mol. The van der Waals surface area contributed by atoms with Crippen LogP contribution in [0, 0.1) is 0 Å². The minimum Gasteiger partial charge on any atom is -0.491 e. The molecular formula is C23H21N3O3. The van der Waals surface area contributed by atoms with E-state index in [1.54, 1.807) is 31.6 Å². The van der Waals surface area contributed by atoms with E-state index in [4.69, 9.17) is 9.47 Å². The molecule has 4 rings (SSSR count). The molecule has 0 aliphatic rings. The molecule has 0 unspecified atom stereocenters. The summed E-state index contributed by atoms with van der Waals surface area (Å²) in [6.07, 6.45) is 1.80. The van der Waals surface area contributed by atoms with E-state index in [-0.39, 0.29) is 5.91 Å². The van der Waals surface area contributed by atoms with E-state index in [9.17, 15) is 4.79 Å². The first-order valence-electron chi connectivity index (χ1n) is 9.30. The second-order valence-electron chi connectivity index (χ2n) is 6.47. The summed E-state index contributed by atoms with van der Waals surface area (Å²) in [5.74, 6) is 0.444. The summed E-state index contributed by atoms with van der Waals surface area (Å²) in [4.78, 5) is 17.0. The molecule has 0 spiro atoms. The number of nitrogens with one attached hydrogen (secondary N) is 1. The Morgan fingerprint density at radius 1 is 1.00 bits per heavy atom. The molecule has 0 radical (unpaired) electrons. The van der Waals surface area contributed by atoms with E-state index in [0.717, 1.165) is 16.7 Å². The summed E-state index contributed by atoms with van der Waals surface area (Å²) in [5, 5.41) is 2.92. The van der Waals surface area contributed by atoms with E-state index < -0.39 is 0 Å². The zero-order valence-electron chi connectivity index (χ0n) is 16.0. The fraction of sp³-hybridized carbons (Fsp3) is 0.130. The third-order valence-corrected chi connectivity index (χ3v) is 4.51. The number of para-hydroxylation sites is 2. The van der Waals surface area contributed by atoms with Crippen molar-refractivity contribution < 1.29 is 14.3 Å². The van der Waals surface area contributed by atoms with Crippen molar-refractivity contribution >= 4 is 22.6 Å². The lowest BCUT2D eigenvalue weighted by Crippen LogP contribution is -2.12. The number of nitrogens with zero attached hydrogens (tertiary/aromatic N) is 2. The van der Waals surface area contributed by atoms with Gasteiger partial charge < -0.3 is 14.8 Å². The molecule has 4 aromatic rings. The predicted octanol–water partition coefficient (Wildman–Crippen LogP) is 4.30. The van der Waals surface area contributed by atoms with Crippen LogP contribution < -0.4 is 10.1 Å². The van der Waals surface area contributed by atoms with Crippen LogP contribution in [-0.2, 0) is 4.74 Å². The molecule has 0 saturated heterocycles. The van der Waals surface area contributed by atoms with Crippen molar-refractivity contribution in [3.63, 3.8) is 0 Å². The number of ether oxygens (including phenoxy) is 2. The number of methoxy groups -OCH3 is 1. The predicted molar refractivity (Wildman–Crippen MR) is 113 cm³/mol. The summed E-state index contributed by atoms with van der Waals surface area (Å²) >= 11 is 0. The lowest BCUT2D eigenvalue weighted by Gasteiger charge is -2.10. The Labute approximate surface area is 168 Å². The number of hydrogen-bond acceptors (Lipinski definition) is 4. The quantitative estimate of drug-likeness (QED) is 0.480. The highest BCUT2D eigenvalue weighted by Crippen LogP contribution is 2.20. The first kappa shape index (κ1) is 18.7. The number of carbonyl (C=O) groups excluding carboxylic acids is 1. The van der Waals surface area contributed by atoms with Gasteiger partial charge in [0.05, 0.1) is 17.6 Å². The Bertz CT molecular complexity index is 1120. The zero-order valence-corrected chi connectivity index (χ0v) is 16.0. The number of carbonyl (C=O) groups is 1. The molecule has 6 nitrogen and oxygen atoms in total. The van der Waals surface area contributed by atoms with Gasteiger partial charge in [-0.15, -0.1) is 0 Å². The van der Waals surface area contributed by atoms with Gasteiger partial charge in [-0.05, 0) is 54.6 Å². The lowest BCUT2D eigenvalue weighted by atomic mass is 10.2. The van der Waals surface area contributed by atoms with Crippen molar-refractivity contribution in [3.05, 3.63) is 84.7 Å². The van der Waals surface area contributed by atoms with Gasteiger partial charge in [-0.25, -0.2) is 4.98 Å². The second-order valence-corrected chi connectivity index (χ2v) is 6.47. The topological polar surface area (TPSA) is 65.4 Å². The summed E-state index contributed by atoms with van der Waals surface area (Å²) in [7, 11) is 1.62. The highest BCUT2D eigenvalue weighted by molar-refractivity contribution is 6.04. The molecule has 0 atom stereocenters. The van der Waals surface area contributed by atoms with Gasteiger partial charge in [0.2, 0.25) is 0 Å². The molecule has 6 heteroatoms. The van der Waals surface area contributed by atoms with E-state index in [1.165, 1.54) is 0 Å². The van der Waals surface area contributed by atoms with Crippen molar-refractivity contribution in [2.45, 2.75) is 0 Å². The zero-order chi connectivity index (χ0) is 20.1. The first-order valence-corrected chi connectivity index (χ1v) is 9.30. The molecule has 0 fully saturated rings. The van der Waals surface area contributed by atoms with Crippen LogP contribution in [0.4, 0.5) is 5.69 Å². The number of benzene rings is 3. The average Bonchev–Trinajstić information content (AvgIpc) is 3.19. The fourth-order valence-electron chi connectivity index (χ4n) is 3.04. The monoisotopic (exact) mass is 387 g/mol. The minimum absolute atomic E-state index is 0.192. The maximum atomic E-state index is 12.6. The Kier molecular flexibility index (Phi) is 5.54. The van der Waals surface area contributed by atoms with Gasteiger partial charge >= 0.3 is 0 Å². The van der Waals surface area contributed by atoms with Crippen LogP contribution in [0.25, 0.3) is 16.7 Å². The van der Waals surface area contributed by atoms with Crippen molar-refractivity contribution in [3.8, 4) is 11.4 Å². The van der Waals surface area contributed by atoms with E-state index in [2.05, 4.69) is 10.3 Å². The third kappa shape index (κ3) is 4.28. The highest BCUT2D eigenvalue weighted by atomic mass is 16.5. The molecule has 1 aromatic heterocycles. The average molecular weight is 387 g/mol. The van der Waals surface area contributed by atoms with Crippen LogP contribution in [0.2, 0.25) is 0 Å². The molecule has 1 amide bonds. The first-order chi connectivity index (χ1) is 14.2. The Balaban J connectivity index is 1.46. The number of amides is 1. The third-order valence-electron chi connectivity index (χ3n) is 4.51. The molecule has 0 bridgehead atoms. The Morgan fingerprint density at radius 3 is 2.66 bits per heavy atom. The van der Waals surface area contributed by atoms with Gasteiger partial charge in [0, 0.05) is 24.0 Å². The van der Waals surface area contributed by atoms with Crippen LogP contribution in [0.1, 0.15) is 10.4 Å². The molecule has 1 N–H and O–H groups in total. The number of rotatable bonds is 7. The van der Waals surface area contributed by atoms with Crippen LogP contribution in [0.5, 0.6) is 5.75 Å². The summed E-state index contributed by atoms with van der Waals surface area (Å²) in [5.41, 5.74) is 4.20. The summed E-state index contributed by atoms with van der Waals surface area (Å²) in [6, 6.07) is 22.7. The smallest absolute Gasteiger partial charge is 0.255 e. The second kappa shape index (κ2) is 8.58. The van der Waals surface area contributed by atoms with Crippen LogP contribution in [0.15, 0.2) is 79.1 Å².